The van der Waals surface area contributed by atoms with Crippen LogP contribution in [0.15, 0.2) is 54.6 Å². The number of unbranched alkanes of at least 4 members (excludes halogenated alkanes) is 2. The summed E-state index contributed by atoms with van der Waals surface area (Å²) in [6.45, 7) is 0. The van der Waals surface area contributed by atoms with Crippen molar-refractivity contribution >= 4 is 23.3 Å². The van der Waals surface area contributed by atoms with Gasteiger partial charge in [0.05, 0.1) is 0 Å². The minimum absolute atomic E-state index is 0.0892. The number of carbonyl (C=O) groups excluding carboxylic acids is 2. The summed E-state index contributed by atoms with van der Waals surface area (Å²) in [5.74, 6) is -2.92. The lowest BCUT2D eigenvalue weighted by Crippen LogP contribution is -2.27. The topological polar surface area (TPSA) is 104 Å². The van der Waals surface area contributed by atoms with E-state index in [0.29, 0.717) is 25.7 Å². The Bertz CT molecular complexity index is 788. The summed E-state index contributed by atoms with van der Waals surface area (Å²) in [7, 11) is 0. The number of carboxylic acids is 1. The molecule has 1 unspecified atom stereocenters. The monoisotopic (exact) mass is 369 g/mol. The zero-order valence-corrected chi connectivity index (χ0v) is 14.9. The van der Waals surface area contributed by atoms with Crippen LogP contribution in [0.2, 0.25) is 0 Å². The summed E-state index contributed by atoms with van der Waals surface area (Å²) in [6.07, 6.45) is 0.637. The molecule has 2 aromatic rings. The highest BCUT2D eigenvalue weighted by atomic mass is 16.4. The highest BCUT2D eigenvalue weighted by Crippen LogP contribution is 2.22. The van der Waals surface area contributed by atoms with Gasteiger partial charge < -0.3 is 15.5 Å². The Kier molecular flexibility index (Phi) is 7.70. The fourth-order valence-corrected chi connectivity index (χ4v) is 2.70. The first-order valence-electron chi connectivity index (χ1n) is 8.88. The molecular formula is C21H23NO5. The Balaban J connectivity index is 1.73. The molecule has 1 atom stereocenters. The van der Waals surface area contributed by atoms with E-state index >= 15 is 0 Å². The van der Waals surface area contributed by atoms with Gasteiger partial charge in [-0.05, 0) is 36.1 Å². The van der Waals surface area contributed by atoms with E-state index < -0.39 is 17.9 Å². The maximum absolute atomic E-state index is 12.1. The number of anilines is 1. The average molecular weight is 369 g/mol. The van der Waals surface area contributed by atoms with E-state index in [1.54, 1.807) is 0 Å². The highest BCUT2D eigenvalue weighted by Gasteiger charge is 2.21. The van der Waals surface area contributed by atoms with Crippen LogP contribution >= 0.6 is 0 Å². The van der Waals surface area contributed by atoms with Gasteiger partial charge in [0.25, 0.3) is 5.78 Å². The Labute approximate surface area is 157 Å². The van der Waals surface area contributed by atoms with Crippen LogP contribution in [0.4, 0.5) is 5.69 Å². The fraction of sp³-hybridized carbons (Fsp3) is 0.286. The molecule has 0 radical (unpaired) electrons. The molecule has 3 N–H and O–H groups in total. The van der Waals surface area contributed by atoms with Crippen LogP contribution in [0.5, 0.6) is 0 Å². The molecular weight excluding hydrogens is 346 g/mol. The number of hydrogen-bond donors (Lipinski definition) is 3. The van der Waals surface area contributed by atoms with Crippen molar-refractivity contribution in [1.82, 2.24) is 0 Å². The summed E-state index contributed by atoms with van der Waals surface area (Å²) in [5.41, 5.74) is 2.82. The predicted octanol–water partition coefficient (Wildman–Crippen LogP) is 3.26. The van der Waals surface area contributed by atoms with Crippen molar-refractivity contribution in [2.75, 3.05) is 5.32 Å². The maximum atomic E-state index is 12.1. The van der Waals surface area contributed by atoms with Crippen molar-refractivity contribution in [3.8, 4) is 11.1 Å². The lowest BCUT2D eigenvalue weighted by atomic mass is 10.0. The quantitative estimate of drug-likeness (QED) is 0.440. The lowest BCUT2D eigenvalue weighted by molar-refractivity contribution is -0.153. The van der Waals surface area contributed by atoms with E-state index in [4.69, 9.17) is 5.11 Å². The number of benzene rings is 2. The van der Waals surface area contributed by atoms with Gasteiger partial charge >= 0.3 is 5.97 Å². The van der Waals surface area contributed by atoms with Gasteiger partial charge in [-0.3, -0.25) is 9.59 Å². The van der Waals surface area contributed by atoms with E-state index in [1.807, 2.05) is 54.6 Å². The predicted molar refractivity (Wildman–Crippen MR) is 102 cm³/mol. The van der Waals surface area contributed by atoms with Crippen LogP contribution in [-0.2, 0) is 14.4 Å². The zero-order chi connectivity index (χ0) is 19.6. The van der Waals surface area contributed by atoms with Gasteiger partial charge in [0.1, 0.15) is 6.10 Å². The zero-order valence-electron chi connectivity index (χ0n) is 14.9. The van der Waals surface area contributed by atoms with Gasteiger partial charge in [-0.2, -0.15) is 0 Å². The van der Waals surface area contributed by atoms with Crippen LogP contribution < -0.4 is 5.32 Å². The molecule has 0 aliphatic rings. The summed E-state index contributed by atoms with van der Waals surface area (Å²) < 4.78 is 0. The van der Waals surface area contributed by atoms with Crippen LogP contribution in [0.3, 0.4) is 0 Å². The number of aliphatic hydroxyl groups excluding tert-OH is 1. The lowest BCUT2D eigenvalue weighted by Gasteiger charge is -2.08. The van der Waals surface area contributed by atoms with Crippen molar-refractivity contribution in [3.63, 3.8) is 0 Å². The third kappa shape index (κ3) is 6.67. The SMILES string of the molecule is O=C(CCCCCC(O)C(=O)C(=O)O)Nc1cccc(-c2ccccc2)c1. The summed E-state index contributed by atoms with van der Waals surface area (Å²) >= 11 is 0. The molecule has 142 valence electrons. The largest absolute Gasteiger partial charge is 0.475 e. The van der Waals surface area contributed by atoms with Crippen LogP contribution in [0, 0.1) is 0 Å². The molecule has 0 spiro atoms. The third-order valence-electron chi connectivity index (χ3n) is 4.15. The summed E-state index contributed by atoms with van der Waals surface area (Å²) in [6, 6.07) is 17.5. The number of hydrogen-bond acceptors (Lipinski definition) is 4. The van der Waals surface area contributed by atoms with Crippen molar-refractivity contribution in [2.24, 2.45) is 0 Å². The van der Waals surface area contributed by atoms with E-state index in [0.717, 1.165) is 16.8 Å². The second-order valence-electron chi connectivity index (χ2n) is 6.28. The number of Topliss-reactive ketones (excluding diaryl/α,β-unsaturated/α-hetero) is 1. The van der Waals surface area contributed by atoms with Crippen molar-refractivity contribution < 1.29 is 24.6 Å². The molecule has 6 nitrogen and oxygen atoms in total. The highest BCUT2D eigenvalue weighted by molar-refractivity contribution is 6.34. The van der Waals surface area contributed by atoms with E-state index in [-0.39, 0.29) is 12.3 Å². The van der Waals surface area contributed by atoms with E-state index in [2.05, 4.69) is 5.32 Å². The van der Waals surface area contributed by atoms with Gasteiger partial charge in [0.15, 0.2) is 0 Å². The van der Waals surface area contributed by atoms with E-state index in [9.17, 15) is 19.5 Å². The first-order valence-corrected chi connectivity index (χ1v) is 8.88. The van der Waals surface area contributed by atoms with E-state index in [1.165, 1.54) is 0 Å². The number of ketones is 1. The van der Waals surface area contributed by atoms with Crippen molar-refractivity contribution in [1.29, 1.82) is 0 Å². The molecule has 6 heteroatoms. The van der Waals surface area contributed by atoms with Gasteiger partial charge in [-0.1, -0.05) is 55.3 Å². The molecule has 0 saturated heterocycles. The molecule has 0 aliphatic heterocycles. The minimum Gasteiger partial charge on any atom is -0.475 e. The van der Waals surface area contributed by atoms with Crippen LogP contribution in [-0.4, -0.2) is 34.0 Å². The number of nitrogens with one attached hydrogen (secondary N) is 1. The molecule has 1 amide bonds. The minimum atomic E-state index is -1.63. The number of carbonyl (C=O) groups is 3. The maximum Gasteiger partial charge on any atom is 0.374 e. The second kappa shape index (κ2) is 10.2. The smallest absolute Gasteiger partial charge is 0.374 e. The van der Waals surface area contributed by atoms with Gasteiger partial charge in [0.2, 0.25) is 5.91 Å². The van der Waals surface area contributed by atoms with Gasteiger partial charge in [-0.25, -0.2) is 4.79 Å². The molecule has 0 heterocycles. The number of aliphatic hydroxyl groups is 1. The molecule has 0 bridgehead atoms. The van der Waals surface area contributed by atoms with Gasteiger partial charge in [-0.15, -0.1) is 0 Å². The fourth-order valence-electron chi connectivity index (χ4n) is 2.70. The number of rotatable bonds is 10. The molecule has 2 rings (SSSR count). The summed E-state index contributed by atoms with van der Waals surface area (Å²) in [4.78, 5) is 33.5. The molecule has 0 fully saturated rings. The van der Waals surface area contributed by atoms with Gasteiger partial charge in [0, 0.05) is 12.1 Å². The van der Waals surface area contributed by atoms with Crippen molar-refractivity contribution in [2.45, 2.75) is 38.2 Å². The Hall–Kier alpha value is -2.99. The number of carboxylic acid groups (broad SMARTS) is 1. The van der Waals surface area contributed by atoms with Crippen LogP contribution in [0.25, 0.3) is 11.1 Å². The standard InChI is InChI=1S/C21H23NO5/c23-18(20(25)21(26)27)12-5-2-6-13-19(24)22-17-11-7-10-16(14-17)15-8-3-1-4-9-15/h1,3-4,7-11,14,18,23H,2,5-6,12-13H2,(H,22,24)(H,26,27). The molecule has 0 aromatic heterocycles. The second-order valence-corrected chi connectivity index (χ2v) is 6.28. The van der Waals surface area contributed by atoms with Crippen molar-refractivity contribution in [3.05, 3.63) is 54.6 Å². The average Bonchev–Trinajstić information content (AvgIpc) is 2.67. The molecule has 0 aliphatic carbocycles. The number of aliphatic carboxylic acids is 1. The first kappa shape index (κ1) is 20.3. The normalized spacial score (nSPS) is 11.6. The first-order chi connectivity index (χ1) is 13.0. The summed E-state index contributed by atoms with van der Waals surface area (Å²) in [5, 5.41) is 20.8. The Morgan fingerprint density at radius 3 is 2.30 bits per heavy atom. The molecule has 0 saturated carbocycles. The Morgan fingerprint density at radius 2 is 1.59 bits per heavy atom. The Morgan fingerprint density at radius 1 is 0.889 bits per heavy atom. The van der Waals surface area contributed by atoms with Crippen LogP contribution in [0.1, 0.15) is 32.1 Å². The molecule has 2 aromatic carbocycles. The third-order valence-corrected chi connectivity index (χ3v) is 4.15. The number of amides is 1. The molecule has 27 heavy (non-hydrogen) atoms.